The molecular weight excluding hydrogens is 272 g/mol. The lowest BCUT2D eigenvalue weighted by Crippen LogP contribution is -2.13. The SMILES string of the molecule is COCCOCCNc1ncc(C(=O)O)c2ccccc12. The molecule has 1 aromatic heterocycles. The zero-order chi connectivity index (χ0) is 15.1. The third-order valence-electron chi connectivity index (χ3n) is 3.00. The lowest BCUT2D eigenvalue weighted by molar-refractivity contribution is 0.0698. The van der Waals surface area contributed by atoms with Gasteiger partial charge in [-0.25, -0.2) is 9.78 Å². The molecule has 112 valence electrons. The first-order valence-electron chi connectivity index (χ1n) is 6.65. The quantitative estimate of drug-likeness (QED) is 0.724. The maximum Gasteiger partial charge on any atom is 0.337 e. The van der Waals surface area contributed by atoms with Crippen LogP contribution >= 0.6 is 0 Å². The molecule has 0 fully saturated rings. The highest BCUT2D eigenvalue weighted by Gasteiger charge is 2.11. The molecule has 2 N–H and O–H groups in total. The average Bonchev–Trinajstić information content (AvgIpc) is 2.50. The minimum absolute atomic E-state index is 0.201. The summed E-state index contributed by atoms with van der Waals surface area (Å²) in [5, 5.41) is 13.8. The van der Waals surface area contributed by atoms with Gasteiger partial charge in [-0.3, -0.25) is 0 Å². The summed E-state index contributed by atoms with van der Waals surface area (Å²) in [7, 11) is 1.63. The minimum Gasteiger partial charge on any atom is -0.478 e. The topological polar surface area (TPSA) is 80.7 Å². The Bertz CT molecular complexity index is 616. The maximum absolute atomic E-state index is 11.2. The third kappa shape index (κ3) is 3.90. The maximum atomic E-state index is 11.2. The first-order chi connectivity index (χ1) is 10.2. The van der Waals surface area contributed by atoms with Crippen LogP contribution in [0.3, 0.4) is 0 Å². The second-order valence-electron chi connectivity index (χ2n) is 4.40. The van der Waals surface area contributed by atoms with E-state index in [1.807, 2.05) is 18.2 Å². The van der Waals surface area contributed by atoms with Crippen LogP contribution in [0.1, 0.15) is 10.4 Å². The van der Waals surface area contributed by atoms with Crippen LogP contribution in [0.2, 0.25) is 0 Å². The lowest BCUT2D eigenvalue weighted by atomic mass is 10.1. The number of ether oxygens (including phenoxy) is 2. The van der Waals surface area contributed by atoms with Gasteiger partial charge in [0.15, 0.2) is 0 Å². The summed E-state index contributed by atoms with van der Waals surface area (Å²) in [6, 6.07) is 7.30. The molecule has 21 heavy (non-hydrogen) atoms. The van der Waals surface area contributed by atoms with Crippen molar-refractivity contribution in [1.82, 2.24) is 4.98 Å². The highest BCUT2D eigenvalue weighted by Crippen LogP contribution is 2.24. The second kappa shape index (κ2) is 7.56. The van der Waals surface area contributed by atoms with Crippen molar-refractivity contribution in [2.75, 3.05) is 38.8 Å². The van der Waals surface area contributed by atoms with Crippen molar-refractivity contribution in [3.63, 3.8) is 0 Å². The molecule has 1 heterocycles. The molecule has 0 aliphatic carbocycles. The van der Waals surface area contributed by atoms with Gasteiger partial charge in [0.1, 0.15) is 5.82 Å². The largest absolute Gasteiger partial charge is 0.478 e. The van der Waals surface area contributed by atoms with Crippen molar-refractivity contribution in [1.29, 1.82) is 0 Å². The number of aromatic nitrogens is 1. The summed E-state index contributed by atoms with van der Waals surface area (Å²) in [6.45, 7) is 2.23. The number of rotatable bonds is 8. The molecule has 1 aromatic carbocycles. The molecule has 6 nitrogen and oxygen atoms in total. The summed E-state index contributed by atoms with van der Waals surface area (Å²) < 4.78 is 10.2. The molecular formula is C15H18N2O4. The van der Waals surface area contributed by atoms with Gasteiger partial charge < -0.3 is 19.9 Å². The lowest BCUT2D eigenvalue weighted by Gasteiger charge is -2.10. The van der Waals surface area contributed by atoms with Crippen LogP contribution < -0.4 is 5.32 Å². The van der Waals surface area contributed by atoms with E-state index in [0.29, 0.717) is 37.6 Å². The number of aromatic carboxylic acids is 1. The Hall–Kier alpha value is -2.18. The van der Waals surface area contributed by atoms with Gasteiger partial charge in [-0.05, 0) is 0 Å². The molecule has 6 heteroatoms. The summed E-state index contributed by atoms with van der Waals surface area (Å²) in [4.78, 5) is 15.4. The van der Waals surface area contributed by atoms with Gasteiger partial charge in [-0.15, -0.1) is 0 Å². The van der Waals surface area contributed by atoms with Crippen LogP contribution in [-0.2, 0) is 9.47 Å². The number of anilines is 1. The van der Waals surface area contributed by atoms with Gasteiger partial charge in [-0.1, -0.05) is 24.3 Å². The molecule has 0 radical (unpaired) electrons. The molecule has 0 bridgehead atoms. The van der Waals surface area contributed by atoms with Crippen molar-refractivity contribution in [3.05, 3.63) is 36.0 Å². The van der Waals surface area contributed by atoms with Crippen LogP contribution in [0.15, 0.2) is 30.5 Å². The number of nitrogens with zero attached hydrogens (tertiary/aromatic N) is 1. The molecule has 0 saturated heterocycles. The van der Waals surface area contributed by atoms with Crippen molar-refractivity contribution < 1.29 is 19.4 Å². The molecule has 2 rings (SSSR count). The Morgan fingerprint density at radius 1 is 1.24 bits per heavy atom. The monoisotopic (exact) mass is 290 g/mol. The van der Waals surface area contributed by atoms with Crippen LogP contribution in [0.4, 0.5) is 5.82 Å². The van der Waals surface area contributed by atoms with E-state index in [-0.39, 0.29) is 5.56 Å². The summed E-state index contributed by atoms with van der Waals surface area (Å²) in [5.74, 6) is -0.320. The Labute approximate surface area is 122 Å². The van der Waals surface area contributed by atoms with Gasteiger partial charge in [0.2, 0.25) is 0 Å². The Morgan fingerprint density at radius 3 is 2.71 bits per heavy atom. The number of methoxy groups -OCH3 is 1. The smallest absolute Gasteiger partial charge is 0.337 e. The number of fused-ring (bicyclic) bond motifs is 1. The zero-order valence-electron chi connectivity index (χ0n) is 11.8. The first kappa shape index (κ1) is 15.2. The second-order valence-corrected chi connectivity index (χ2v) is 4.40. The molecule has 0 atom stereocenters. The number of carboxylic acid groups (broad SMARTS) is 1. The van der Waals surface area contributed by atoms with Gasteiger partial charge in [0.25, 0.3) is 0 Å². The highest BCUT2D eigenvalue weighted by atomic mass is 16.5. The Balaban J connectivity index is 2.07. The zero-order valence-corrected chi connectivity index (χ0v) is 11.8. The van der Waals surface area contributed by atoms with Crippen LogP contribution in [0, 0.1) is 0 Å². The third-order valence-corrected chi connectivity index (χ3v) is 3.00. The standard InChI is InChI=1S/C15H18N2O4/c1-20-8-9-21-7-6-16-14-12-5-3-2-4-11(12)13(10-17-14)15(18)19/h2-5,10H,6-9H2,1H3,(H,16,17)(H,18,19). The van der Waals surface area contributed by atoms with Crippen LogP contribution in [0.5, 0.6) is 0 Å². The Kier molecular flexibility index (Phi) is 5.48. The average molecular weight is 290 g/mol. The number of nitrogens with one attached hydrogen (secondary N) is 1. The fourth-order valence-corrected chi connectivity index (χ4v) is 1.99. The molecule has 0 aliphatic heterocycles. The molecule has 2 aromatic rings. The fraction of sp³-hybridized carbons (Fsp3) is 0.333. The normalized spacial score (nSPS) is 10.7. The van der Waals surface area contributed by atoms with Crippen LogP contribution in [-0.4, -0.2) is 49.5 Å². The van der Waals surface area contributed by atoms with Gasteiger partial charge >= 0.3 is 5.97 Å². The van der Waals surface area contributed by atoms with Crippen molar-refractivity contribution >= 4 is 22.6 Å². The van der Waals surface area contributed by atoms with Crippen LogP contribution in [0.25, 0.3) is 10.8 Å². The van der Waals surface area contributed by atoms with E-state index in [1.165, 1.54) is 6.20 Å². The fourth-order valence-electron chi connectivity index (χ4n) is 1.99. The number of benzene rings is 1. The number of carboxylic acids is 1. The van der Waals surface area contributed by atoms with Crippen molar-refractivity contribution in [2.24, 2.45) is 0 Å². The van der Waals surface area contributed by atoms with Gasteiger partial charge in [0.05, 0.1) is 25.4 Å². The Morgan fingerprint density at radius 2 is 2.00 bits per heavy atom. The molecule has 0 saturated carbocycles. The van der Waals surface area contributed by atoms with E-state index >= 15 is 0 Å². The van der Waals surface area contributed by atoms with Crippen molar-refractivity contribution in [3.8, 4) is 0 Å². The van der Waals surface area contributed by atoms with E-state index in [2.05, 4.69) is 10.3 Å². The highest BCUT2D eigenvalue weighted by molar-refractivity contribution is 6.06. The molecule has 0 aliphatic rings. The van der Waals surface area contributed by atoms with E-state index in [0.717, 1.165) is 5.39 Å². The van der Waals surface area contributed by atoms with Gasteiger partial charge in [-0.2, -0.15) is 0 Å². The molecule has 0 amide bonds. The van der Waals surface area contributed by atoms with E-state index in [9.17, 15) is 9.90 Å². The summed E-state index contributed by atoms with van der Waals surface area (Å²) in [5.41, 5.74) is 0.201. The van der Waals surface area contributed by atoms with E-state index < -0.39 is 5.97 Å². The minimum atomic E-state index is -0.979. The van der Waals surface area contributed by atoms with E-state index in [1.54, 1.807) is 13.2 Å². The number of pyridine rings is 1. The number of hydrogen-bond donors (Lipinski definition) is 2. The summed E-state index contributed by atoms with van der Waals surface area (Å²) in [6.07, 6.45) is 1.37. The molecule has 0 unspecified atom stereocenters. The molecule has 0 spiro atoms. The van der Waals surface area contributed by atoms with Crippen molar-refractivity contribution in [2.45, 2.75) is 0 Å². The first-order valence-corrected chi connectivity index (χ1v) is 6.65. The number of hydrogen-bond acceptors (Lipinski definition) is 5. The number of carbonyl (C=O) groups is 1. The summed E-state index contributed by atoms with van der Waals surface area (Å²) >= 11 is 0. The van der Waals surface area contributed by atoms with E-state index in [4.69, 9.17) is 9.47 Å². The predicted molar refractivity (Wildman–Crippen MR) is 79.9 cm³/mol. The predicted octanol–water partition coefficient (Wildman–Crippen LogP) is 2.01. The van der Waals surface area contributed by atoms with Gasteiger partial charge in [0, 0.05) is 30.6 Å².